The summed E-state index contributed by atoms with van der Waals surface area (Å²) in [7, 11) is 0. The Balaban J connectivity index is 1.82. The molecule has 21 heavy (non-hydrogen) atoms. The van der Waals surface area contributed by atoms with Crippen molar-refractivity contribution in [2.75, 3.05) is 5.32 Å². The van der Waals surface area contributed by atoms with Crippen LogP contribution in [0.3, 0.4) is 0 Å². The Labute approximate surface area is 129 Å². The summed E-state index contributed by atoms with van der Waals surface area (Å²) in [5.74, 6) is 0.905. The fraction of sp³-hybridized carbons (Fsp3) is 0.235. The lowest BCUT2D eigenvalue weighted by Crippen LogP contribution is -2.10. The van der Waals surface area contributed by atoms with Gasteiger partial charge in [-0.2, -0.15) is 0 Å². The highest BCUT2D eigenvalue weighted by Gasteiger charge is 2.13. The van der Waals surface area contributed by atoms with Crippen LogP contribution in [0.2, 0.25) is 0 Å². The van der Waals surface area contributed by atoms with Crippen molar-refractivity contribution in [3.63, 3.8) is 0 Å². The molecule has 4 heteroatoms. The third-order valence-electron chi connectivity index (χ3n) is 3.43. The summed E-state index contributed by atoms with van der Waals surface area (Å²) >= 11 is 1.81. The largest absolute Gasteiger partial charge is 0.326 e. The van der Waals surface area contributed by atoms with Gasteiger partial charge in [0.1, 0.15) is 0 Å². The van der Waals surface area contributed by atoms with Crippen LogP contribution < -0.4 is 5.32 Å². The molecule has 0 fully saturated rings. The lowest BCUT2D eigenvalue weighted by atomic mass is 10.2. The van der Waals surface area contributed by atoms with E-state index >= 15 is 0 Å². The first-order chi connectivity index (χ1) is 10.2. The lowest BCUT2D eigenvalue weighted by molar-refractivity contribution is 0.555. The number of nitrogens with zero attached hydrogens (tertiary/aromatic N) is 2. The third kappa shape index (κ3) is 3.34. The van der Waals surface area contributed by atoms with Crippen LogP contribution in [-0.2, 0) is 6.42 Å². The minimum absolute atomic E-state index is 0.371. The van der Waals surface area contributed by atoms with Crippen LogP contribution in [0, 0.1) is 6.92 Å². The number of benzene rings is 1. The van der Waals surface area contributed by atoms with Crippen LogP contribution >= 0.6 is 11.3 Å². The predicted octanol–water partition coefficient (Wildman–Crippen LogP) is 4.80. The summed E-state index contributed by atoms with van der Waals surface area (Å²) in [6.45, 7) is 4.27. The number of rotatable bonds is 5. The van der Waals surface area contributed by atoms with Gasteiger partial charge in [-0.1, -0.05) is 24.3 Å². The van der Waals surface area contributed by atoms with Gasteiger partial charge < -0.3 is 9.88 Å². The Morgan fingerprint density at radius 2 is 2.00 bits per heavy atom. The number of imidazole rings is 1. The highest BCUT2D eigenvalue weighted by molar-refractivity contribution is 7.09. The molecule has 0 saturated heterocycles. The maximum absolute atomic E-state index is 4.61. The van der Waals surface area contributed by atoms with Crippen LogP contribution in [0.1, 0.15) is 23.5 Å². The molecule has 2 heterocycles. The number of anilines is 2. The molecule has 3 nitrogen and oxygen atoms in total. The van der Waals surface area contributed by atoms with Gasteiger partial charge in [-0.25, -0.2) is 4.98 Å². The number of aromatic nitrogens is 2. The first-order valence-electron chi connectivity index (χ1n) is 7.12. The van der Waals surface area contributed by atoms with Gasteiger partial charge in [0.2, 0.25) is 5.95 Å². The smallest absolute Gasteiger partial charge is 0.207 e. The maximum Gasteiger partial charge on any atom is 0.207 e. The molecule has 2 aromatic heterocycles. The van der Waals surface area contributed by atoms with E-state index in [2.05, 4.69) is 57.6 Å². The van der Waals surface area contributed by atoms with Gasteiger partial charge in [0, 0.05) is 29.2 Å². The number of nitrogens with one attached hydrogen (secondary N) is 1. The molecule has 1 N–H and O–H groups in total. The van der Waals surface area contributed by atoms with E-state index in [9.17, 15) is 0 Å². The van der Waals surface area contributed by atoms with Gasteiger partial charge in [-0.15, -0.1) is 11.3 Å². The normalized spacial score (nSPS) is 12.3. The number of aryl methyl sites for hydroxylation is 1. The fourth-order valence-corrected chi connectivity index (χ4v) is 3.24. The summed E-state index contributed by atoms with van der Waals surface area (Å²) in [5.41, 5.74) is 2.10. The highest BCUT2D eigenvalue weighted by atomic mass is 32.1. The Morgan fingerprint density at radius 3 is 2.71 bits per heavy atom. The zero-order valence-electron chi connectivity index (χ0n) is 12.3. The molecule has 3 aromatic rings. The van der Waals surface area contributed by atoms with Crippen molar-refractivity contribution >= 4 is 23.0 Å². The van der Waals surface area contributed by atoms with Crippen molar-refractivity contribution in [2.45, 2.75) is 26.3 Å². The first kappa shape index (κ1) is 13.9. The second-order valence-electron chi connectivity index (χ2n) is 5.24. The van der Waals surface area contributed by atoms with E-state index in [4.69, 9.17) is 0 Å². The second-order valence-corrected chi connectivity index (χ2v) is 6.27. The number of thiophene rings is 1. The predicted molar refractivity (Wildman–Crippen MR) is 89.4 cm³/mol. The minimum atomic E-state index is 0.371. The Kier molecular flexibility index (Phi) is 4.06. The Morgan fingerprint density at radius 1 is 1.19 bits per heavy atom. The van der Waals surface area contributed by atoms with E-state index in [0.29, 0.717) is 6.04 Å². The fourth-order valence-electron chi connectivity index (χ4n) is 2.41. The summed E-state index contributed by atoms with van der Waals surface area (Å²) in [4.78, 5) is 6.01. The monoisotopic (exact) mass is 297 g/mol. The van der Waals surface area contributed by atoms with Gasteiger partial charge in [0.15, 0.2) is 0 Å². The van der Waals surface area contributed by atoms with Crippen molar-refractivity contribution < 1.29 is 0 Å². The molecule has 0 spiro atoms. The van der Waals surface area contributed by atoms with Crippen molar-refractivity contribution in [1.82, 2.24) is 9.55 Å². The second kappa shape index (κ2) is 6.14. The van der Waals surface area contributed by atoms with Crippen LogP contribution in [0.4, 0.5) is 11.6 Å². The van der Waals surface area contributed by atoms with Crippen LogP contribution in [0.25, 0.3) is 0 Å². The van der Waals surface area contributed by atoms with Gasteiger partial charge in [0.05, 0.1) is 5.69 Å². The molecule has 0 radical (unpaired) electrons. The first-order valence-corrected chi connectivity index (χ1v) is 8.00. The van der Waals surface area contributed by atoms with E-state index in [1.54, 1.807) is 0 Å². The van der Waals surface area contributed by atoms with Crippen molar-refractivity contribution in [3.05, 3.63) is 64.6 Å². The van der Waals surface area contributed by atoms with Gasteiger partial charge >= 0.3 is 0 Å². The van der Waals surface area contributed by atoms with Gasteiger partial charge in [0.25, 0.3) is 0 Å². The minimum Gasteiger partial charge on any atom is -0.326 e. The Bertz CT molecular complexity index is 686. The molecule has 1 aromatic carbocycles. The van der Waals surface area contributed by atoms with Crippen LogP contribution in [0.5, 0.6) is 0 Å². The van der Waals surface area contributed by atoms with E-state index in [1.165, 1.54) is 4.88 Å². The van der Waals surface area contributed by atoms with Gasteiger partial charge in [-0.05, 0) is 37.4 Å². The lowest BCUT2D eigenvalue weighted by Gasteiger charge is -2.16. The average molecular weight is 297 g/mol. The van der Waals surface area contributed by atoms with Crippen molar-refractivity contribution in [3.8, 4) is 0 Å². The maximum atomic E-state index is 4.61. The number of para-hydroxylation sites is 1. The SMILES string of the molecule is Cc1cn(C(C)Cc2cccs2)c(Nc2ccccc2)n1. The zero-order chi connectivity index (χ0) is 14.7. The van der Waals surface area contributed by atoms with E-state index < -0.39 is 0 Å². The van der Waals surface area contributed by atoms with Crippen molar-refractivity contribution in [2.24, 2.45) is 0 Å². The number of hydrogen-bond acceptors (Lipinski definition) is 3. The summed E-state index contributed by atoms with van der Waals surface area (Å²) < 4.78 is 2.22. The summed E-state index contributed by atoms with van der Waals surface area (Å²) in [5, 5.41) is 5.54. The number of hydrogen-bond donors (Lipinski definition) is 1. The Hall–Kier alpha value is -2.07. The molecule has 0 aliphatic carbocycles. The molecule has 1 unspecified atom stereocenters. The van der Waals surface area contributed by atoms with Crippen LogP contribution in [-0.4, -0.2) is 9.55 Å². The van der Waals surface area contributed by atoms with Gasteiger partial charge in [-0.3, -0.25) is 0 Å². The zero-order valence-corrected chi connectivity index (χ0v) is 13.1. The van der Waals surface area contributed by atoms with Crippen LogP contribution in [0.15, 0.2) is 54.0 Å². The molecular formula is C17H19N3S. The average Bonchev–Trinajstić information content (AvgIpc) is 3.10. The molecule has 1 atom stereocenters. The van der Waals surface area contributed by atoms with E-state index in [-0.39, 0.29) is 0 Å². The topological polar surface area (TPSA) is 29.9 Å². The summed E-state index contributed by atoms with van der Waals surface area (Å²) in [6.07, 6.45) is 3.14. The molecule has 0 aliphatic heterocycles. The standard InChI is InChI=1S/C17H19N3S/c1-13-12-20(14(2)11-16-9-6-10-21-16)17(18-13)19-15-7-4-3-5-8-15/h3-10,12,14H,11H2,1-2H3,(H,18,19). The molecule has 3 rings (SSSR count). The molecule has 0 bridgehead atoms. The molecule has 108 valence electrons. The third-order valence-corrected chi connectivity index (χ3v) is 4.33. The highest BCUT2D eigenvalue weighted by Crippen LogP contribution is 2.24. The molecule has 0 saturated carbocycles. The quantitative estimate of drug-likeness (QED) is 0.733. The van der Waals surface area contributed by atoms with Crippen molar-refractivity contribution in [1.29, 1.82) is 0 Å². The van der Waals surface area contributed by atoms with E-state index in [0.717, 1.165) is 23.8 Å². The molecule has 0 aliphatic rings. The molecule has 0 amide bonds. The van der Waals surface area contributed by atoms with E-state index in [1.807, 2.05) is 36.5 Å². The summed E-state index contributed by atoms with van der Waals surface area (Å²) in [6, 6.07) is 14.8. The molecular weight excluding hydrogens is 278 g/mol.